The molecule has 0 spiro atoms. The highest BCUT2D eigenvalue weighted by Gasteiger charge is 2.11. The minimum Gasteiger partial charge on any atom is -0.352 e. The SMILES string of the molecule is Cc1cc(-c2noc(CCN)n2)on1. The fourth-order valence-corrected chi connectivity index (χ4v) is 1.05. The quantitative estimate of drug-likeness (QED) is 0.766. The minimum absolute atomic E-state index is 0.411. The van der Waals surface area contributed by atoms with Gasteiger partial charge < -0.3 is 14.8 Å². The number of hydrogen-bond donors (Lipinski definition) is 1. The standard InChI is InChI=1S/C8H10N4O2/c1-5-4-6(13-11-5)8-10-7(2-3-9)14-12-8/h4H,2-3,9H2,1H3. The third-order valence-electron chi connectivity index (χ3n) is 1.67. The van der Waals surface area contributed by atoms with E-state index in [-0.39, 0.29) is 0 Å². The molecule has 0 saturated carbocycles. The Kier molecular flexibility index (Phi) is 2.28. The van der Waals surface area contributed by atoms with E-state index in [0.29, 0.717) is 30.4 Å². The van der Waals surface area contributed by atoms with Crippen molar-refractivity contribution in [2.75, 3.05) is 6.54 Å². The molecule has 0 bridgehead atoms. The number of aryl methyl sites for hydroxylation is 1. The molecule has 0 unspecified atom stereocenters. The lowest BCUT2D eigenvalue weighted by atomic mass is 10.4. The lowest BCUT2D eigenvalue weighted by molar-refractivity contribution is 0.375. The second-order valence-corrected chi connectivity index (χ2v) is 2.88. The van der Waals surface area contributed by atoms with E-state index in [9.17, 15) is 0 Å². The molecule has 6 heteroatoms. The smallest absolute Gasteiger partial charge is 0.241 e. The molecule has 2 N–H and O–H groups in total. The normalized spacial score (nSPS) is 10.7. The summed E-state index contributed by atoms with van der Waals surface area (Å²) in [5.41, 5.74) is 6.13. The molecule has 2 heterocycles. The van der Waals surface area contributed by atoms with Crippen LogP contribution in [-0.4, -0.2) is 21.8 Å². The van der Waals surface area contributed by atoms with E-state index in [1.165, 1.54) is 0 Å². The summed E-state index contributed by atoms with van der Waals surface area (Å²) < 4.78 is 9.92. The van der Waals surface area contributed by atoms with Gasteiger partial charge in [0, 0.05) is 19.0 Å². The van der Waals surface area contributed by atoms with Crippen LogP contribution < -0.4 is 5.73 Å². The van der Waals surface area contributed by atoms with Crippen LogP contribution >= 0.6 is 0 Å². The van der Waals surface area contributed by atoms with Gasteiger partial charge in [-0.2, -0.15) is 4.98 Å². The molecular weight excluding hydrogens is 184 g/mol. The third-order valence-corrected chi connectivity index (χ3v) is 1.67. The first-order valence-electron chi connectivity index (χ1n) is 4.26. The van der Waals surface area contributed by atoms with Crippen molar-refractivity contribution in [3.05, 3.63) is 17.7 Å². The van der Waals surface area contributed by atoms with Crippen molar-refractivity contribution in [2.45, 2.75) is 13.3 Å². The topological polar surface area (TPSA) is 91.0 Å². The summed E-state index contributed by atoms with van der Waals surface area (Å²) in [7, 11) is 0. The highest BCUT2D eigenvalue weighted by Crippen LogP contribution is 2.16. The Balaban J connectivity index is 2.24. The molecule has 0 atom stereocenters. The zero-order valence-electron chi connectivity index (χ0n) is 7.73. The van der Waals surface area contributed by atoms with Crippen LogP contribution in [0, 0.1) is 6.92 Å². The van der Waals surface area contributed by atoms with Crippen LogP contribution in [0.2, 0.25) is 0 Å². The van der Waals surface area contributed by atoms with Gasteiger partial charge in [0.05, 0.1) is 5.69 Å². The Labute approximate surface area is 80.1 Å². The van der Waals surface area contributed by atoms with Crippen LogP contribution in [0.25, 0.3) is 11.6 Å². The Hall–Kier alpha value is -1.69. The Morgan fingerprint density at radius 1 is 1.36 bits per heavy atom. The average molecular weight is 194 g/mol. The summed E-state index contributed by atoms with van der Waals surface area (Å²) in [5, 5.41) is 7.47. The number of hydrogen-bond acceptors (Lipinski definition) is 6. The predicted octanol–water partition coefficient (Wildman–Crippen LogP) is 0.534. The first-order valence-corrected chi connectivity index (χ1v) is 4.26. The summed E-state index contributed by atoms with van der Waals surface area (Å²) in [6.45, 7) is 2.31. The van der Waals surface area contributed by atoms with E-state index in [0.717, 1.165) is 5.69 Å². The molecule has 0 aliphatic rings. The molecule has 0 aliphatic heterocycles. The lowest BCUT2D eigenvalue weighted by Gasteiger charge is -1.83. The maximum Gasteiger partial charge on any atom is 0.241 e. The van der Waals surface area contributed by atoms with Crippen LogP contribution in [-0.2, 0) is 6.42 Å². The monoisotopic (exact) mass is 194 g/mol. The summed E-state index contributed by atoms with van der Waals surface area (Å²) in [4.78, 5) is 4.09. The van der Waals surface area contributed by atoms with Crippen molar-refractivity contribution in [1.29, 1.82) is 0 Å². The van der Waals surface area contributed by atoms with Gasteiger partial charge in [0.1, 0.15) is 0 Å². The number of nitrogens with zero attached hydrogens (tertiary/aromatic N) is 3. The van der Waals surface area contributed by atoms with Gasteiger partial charge in [-0.3, -0.25) is 0 Å². The summed E-state index contributed by atoms with van der Waals surface area (Å²) in [6, 6.07) is 1.75. The van der Waals surface area contributed by atoms with E-state index in [1.807, 2.05) is 6.92 Å². The van der Waals surface area contributed by atoms with Crippen molar-refractivity contribution in [2.24, 2.45) is 5.73 Å². The van der Waals surface area contributed by atoms with Gasteiger partial charge in [-0.15, -0.1) is 0 Å². The van der Waals surface area contributed by atoms with E-state index in [2.05, 4.69) is 15.3 Å². The molecule has 2 aromatic heterocycles. The molecule has 0 radical (unpaired) electrons. The maximum absolute atomic E-state index is 5.35. The molecule has 0 amide bonds. The second-order valence-electron chi connectivity index (χ2n) is 2.88. The van der Waals surface area contributed by atoms with Gasteiger partial charge in [-0.25, -0.2) is 0 Å². The number of aromatic nitrogens is 3. The highest BCUT2D eigenvalue weighted by atomic mass is 16.5. The molecule has 14 heavy (non-hydrogen) atoms. The molecule has 0 saturated heterocycles. The third kappa shape index (κ3) is 1.64. The van der Waals surface area contributed by atoms with E-state index >= 15 is 0 Å². The van der Waals surface area contributed by atoms with Crippen molar-refractivity contribution in [3.8, 4) is 11.6 Å². The maximum atomic E-state index is 5.35. The van der Waals surface area contributed by atoms with E-state index in [4.69, 9.17) is 14.8 Å². The molecule has 0 aromatic carbocycles. The van der Waals surface area contributed by atoms with Gasteiger partial charge in [-0.05, 0) is 6.92 Å². The Morgan fingerprint density at radius 3 is 2.86 bits per heavy atom. The number of nitrogens with two attached hydrogens (primary N) is 1. The molecule has 0 fully saturated rings. The molecule has 2 rings (SSSR count). The van der Waals surface area contributed by atoms with Gasteiger partial charge in [0.15, 0.2) is 0 Å². The zero-order chi connectivity index (χ0) is 9.97. The van der Waals surface area contributed by atoms with Crippen LogP contribution in [0.1, 0.15) is 11.6 Å². The number of rotatable bonds is 3. The van der Waals surface area contributed by atoms with Gasteiger partial charge in [0.2, 0.25) is 17.5 Å². The summed E-state index contributed by atoms with van der Waals surface area (Å²) >= 11 is 0. The van der Waals surface area contributed by atoms with Crippen LogP contribution in [0.5, 0.6) is 0 Å². The molecule has 2 aromatic rings. The van der Waals surface area contributed by atoms with Gasteiger partial charge in [-0.1, -0.05) is 10.3 Å². The lowest BCUT2D eigenvalue weighted by Crippen LogP contribution is -2.02. The van der Waals surface area contributed by atoms with Crippen molar-refractivity contribution >= 4 is 0 Å². The summed E-state index contributed by atoms with van der Waals surface area (Å²) in [6.07, 6.45) is 0.570. The van der Waals surface area contributed by atoms with E-state index < -0.39 is 0 Å². The van der Waals surface area contributed by atoms with Crippen LogP contribution in [0.3, 0.4) is 0 Å². The van der Waals surface area contributed by atoms with Crippen LogP contribution in [0.4, 0.5) is 0 Å². The van der Waals surface area contributed by atoms with E-state index in [1.54, 1.807) is 6.07 Å². The van der Waals surface area contributed by atoms with Crippen molar-refractivity contribution in [3.63, 3.8) is 0 Å². The largest absolute Gasteiger partial charge is 0.352 e. The predicted molar refractivity (Wildman–Crippen MR) is 47.3 cm³/mol. The summed E-state index contributed by atoms with van der Waals surface area (Å²) in [5.74, 6) is 1.43. The average Bonchev–Trinajstić information content (AvgIpc) is 2.74. The fourth-order valence-electron chi connectivity index (χ4n) is 1.05. The molecule has 0 aliphatic carbocycles. The highest BCUT2D eigenvalue weighted by molar-refractivity contribution is 5.45. The Morgan fingerprint density at radius 2 is 2.21 bits per heavy atom. The second kappa shape index (κ2) is 3.59. The fraction of sp³-hybridized carbons (Fsp3) is 0.375. The Bertz CT molecular complexity index is 420. The molecule has 6 nitrogen and oxygen atoms in total. The zero-order valence-corrected chi connectivity index (χ0v) is 7.73. The first kappa shape index (κ1) is 8.89. The van der Waals surface area contributed by atoms with Gasteiger partial charge >= 0.3 is 0 Å². The molecular formula is C8H10N4O2. The van der Waals surface area contributed by atoms with Crippen LogP contribution in [0.15, 0.2) is 15.1 Å². The van der Waals surface area contributed by atoms with Gasteiger partial charge in [0.25, 0.3) is 0 Å². The van der Waals surface area contributed by atoms with Crippen molar-refractivity contribution in [1.82, 2.24) is 15.3 Å². The van der Waals surface area contributed by atoms with Crippen molar-refractivity contribution < 1.29 is 9.05 Å². The minimum atomic E-state index is 0.411. The first-order chi connectivity index (χ1) is 6.79. The molecule has 74 valence electrons.